The van der Waals surface area contributed by atoms with Crippen LogP contribution in [0.4, 0.5) is 18.3 Å². The average Bonchev–Trinajstić information content (AvgIpc) is 3.43. The molecule has 1 aliphatic heterocycles. The molecule has 2 amide bonds. The first kappa shape index (κ1) is 22.8. The molecule has 0 aromatic carbocycles. The normalized spacial score (nSPS) is 25.2. The van der Waals surface area contributed by atoms with Crippen LogP contribution in [0.1, 0.15) is 49.1 Å². The molecule has 1 aromatic rings. The number of nitriles is 1. The van der Waals surface area contributed by atoms with Gasteiger partial charge in [0.1, 0.15) is 5.54 Å². The molecule has 11 heteroatoms. The molecule has 0 spiro atoms. The molecule has 1 N–H and O–H groups in total. The van der Waals surface area contributed by atoms with E-state index in [0.29, 0.717) is 57.0 Å². The van der Waals surface area contributed by atoms with E-state index in [1.165, 1.54) is 6.92 Å². The van der Waals surface area contributed by atoms with Crippen molar-refractivity contribution in [3.8, 4) is 6.07 Å². The van der Waals surface area contributed by atoms with Crippen molar-refractivity contribution in [2.75, 3.05) is 31.1 Å². The van der Waals surface area contributed by atoms with Gasteiger partial charge in [0.05, 0.1) is 6.07 Å². The largest absolute Gasteiger partial charge is 0.434 e. The first-order chi connectivity index (χ1) is 15.1. The van der Waals surface area contributed by atoms with Gasteiger partial charge in [-0.15, -0.1) is 11.3 Å². The van der Waals surface area contributed by atoms with Gasteiger partial charge in [0.25, 0.3) is 0 Å². The van der Waals surface area contributed by atoms with E-state index in [1.807, 2.05) is 0 Å². The summed E-state index contributed by atoms with van der Waals surface area (Å²) in [5, 5.41) is 12.4. The summed E-state index contributed by atoms with van der Waals surface area (Å²) in [6, 6.07) is 2.16. The number of halogens is 3. The van der Waals surface area contributed by atoms with Gasteiger partial charge in [-0.1, -0.05) is 12.8 Å². The molecule has 2 heterocycles. The number of rotatable bonds is 4. The van der Waals surface area contributed by atoms with E-state index >= 15 is 0 Å². The SMILES string of the molecule is Cc1sc(N2CCN(C(=O)[C@@H]3CCCC[C@H]3C(=O)NC3(C#N)CC3)CC2)nc1C(F)(F)F. The molecule has 1 saturated heterocycles. The summed E-state index contributed by atoms with van der Waals surface area (Å²) < 4.78 is 39.2. The number of amides is 2. The summed E-state index contributed by atoms with van der Waals surface area (Å²) in [7, 11) is 0. The number of carbonyl (C=O) groups excluding carboxylic acids is 2. The summed E-state index contributed by atoms with van der Waals surface area (Å²) in [5.41, 5.74) is -1.60. The molecular formula is C21H26F3N5O2S. The summed E-state index contributed by atoms with van der Waals surface area (Å²) >= 11 is 1.02. The summed E-state index contributed by atoms with van der Waals surface area (Å²) in [4.78, 5) is 33.5. The number of piperazine rings is 1. The number of hydrogen-bond donors (Lipinski definition) is 1. The summed E-state index contributed by atoms with van der Waals surface area (Å²) in [5.74, 6) is -1.13. The maximum absolute atomic E-state index is 13.3. The van der Waals surface area contributed by atoms with E-state index in [9.17, 15) is 28.0 Å². The van der Waals surface area contributed by atoms with E-state index in [2.05, 4.69) is 16.4 Å². The van der Waals surface area contributed by atoms with Crippen molar-refractivity contribution < 1.29 is 22.8 Å². The van der Waals surface area contributed by atoms with Gasteiger partial charge in [-0.2, -0.15) is 18.4 Å². The number of alkyl halides is 3. The third-order valence-electron chi connectivity index (χ3n) is 6.66. The molecule has 3 fully saturated rings. The Labute approximate surface area is 188 Å². The van der Waals surface area contributed by atoms with Gasteiger partial charge < -0.3 is 15.1 Å². The lowest BCUT2D eigenvalue weighted by Crippen LogP contribution is -2.53. The van der Waals surface area contributed by atoms with Crippen molar-refractivity contribution in [3.05, 3.63) is 10.6 Å². The molecule has 0 unspecified atom stereocenters. The minimum atomic E-state index is -4.47. The Kier molecular flexibility index (Phi) is 6.09. The number of anilines is 1. The molecule has 32 heavy (non-hydrogen) atoms. The van der Waals surface area contributed by atoms with E-state index in [4.69, 9.17) is 0 Å². The van der Waals surface area contributed by atoms with E-state index in [-0.39, 0.29) is 16.7 Å². The van der Waals surface area contributed by atoms with Gasteiger partial charge >= 0.3 is 6.18 Å². The molecule has 2 saturated carbocycles. The Morgan fingerprint density at radius 2 is 1.78 bits per heavy atom. The van der Waals surface area contributed by atoms with Gasteiger partial charge in [-0.3, -0.25) is 9.59 Å². The van der Waals surface area contributed by atoms with Crippen LogP contribution in [-0.4, -0.2) is 53.4 Å². The standard InChI is InChI=1S/C21H26F3N5O2S/c1-13-16(21(22,23)24)26-19(32-13)29-10-8-28(9-11-29)18(31)15-5-3-2-4-14(15)17(30)27-20(12-25)6-7-20/h14-15H,2-11H2,1H3,(H,27,30)/t14-,15-/m1/s1. The van der Waals surface area contributed by atoms with Crippen LogP contribution in [0.25, 0.3) is 0 Å². The molecule has 2 atom stereocenters. The third-order valence-corrected chi connectivity index (χ3v) is 7.69. The minimum Gasteiger partial charge on any atom is -0.345 e. The van der Waals surface area contributed by atoms with Crippen molar-refractivity contribution >= 4 is 28.3 Å². The first-order valence-electron chi connectivity index (χ1n) is 11.0. The number of hydrogen-bond acceptors (Lipinski definition) is 6. The Hall–Kier alpha value is -2.35. The van der Waals surface area contributed by atoms with E-state index < -0.39 is 29.2 Å². The molecule has 0 radical (unpaired) electrons. The zero-order valence-corrected chi connectivity index (χ0v) is 18.7. The zero-order chi connectivity index (χ0) is 23.1. The van der Waals surface area contributed by atoms with Crippen LogP contribution < -0.4 is 10.2 Å². The summed E-state index contributed by atoms with van der Waals surface area (Å²) in [6.07, 6.45) is -0.163. The predicted octanol–water partition coefficient (Wildman–Crippen LogP) is 3.10. The van der Waals surface area contributed by atoms with Crippen LogP contribution in [0, 0.1) is 30.1 Å². The lowest BCUT2D eigenvalue weighted by atomic mass is 9.77. The second-order valence-corrected chi connectivity index (χ2v) is 10.1. The average molecular weight is 470 g/mol. The van der Waals surface area contributed by atoms with Crippen LogP contribution in [-0.2, 0) is 15.8 Å². The highest BCUT2D eigenvalue weighted by Crippen LogP contribution is 2.39. The number of carbonyl (C=O) groups is 2. The predicted molar refractivity (Wildman–Crippen MR) is 112 cm³/mol. The van der Waals surface area contributed by atoms with Gasteiger partial charge in [0.2, 0.25) is 11.8 Å². The lowest BCUT2D eigenvalue weighted by molar-refractivity contribution is -0.144. The smallest absolute Gasteiger partial charge is 0.345 e. The Balaban J connectivity index is 1.38. The van der Waals surface area contributed by atoms with Crippen LogP contribution in [0.2, 0.25) is 0 Å². The van der Waals surface area contributed by atoms with Crippen molar-refractivity contribution in [3.63, 3.8) is 0 Å². The van der Waals surface area contributed by atoms with Gasteiger partial charge in [0, 0.05) is 42.9 Å². The number of thiazole rings is 1. The van der Waals surface area contributed by atoms with Gasteiger partial charge in [-0.25, -0.2) is 4.98 Å². The highest BCUT2D eigenvalue weighted by Gasteiger charge is 2.47. The number of aromatic nitrogens is 1. The van der Waals surface area contributed by atoms with Crippen LogP contribution in [0.5, 0.6) is 0 Å². The molecule has 7 nitrogen and oxygen atoms in total. The number of nitrogens with zero attached hydrogens (tertiary/aromatic N) is 4. The fourth-order valence-corrected chi connectivity index (χ4v) is 5.57. The van der Waals surface area contributed by atoms with Crippen molar-refractivity contribution in [2.45, 2.75) is 57.2 Å². The van der Waals surface area contributed by atoms with Crippen molar-refractivity contribution in [1.29, 1.82) is 5.26 Å². The minimum absolute atomic E-state index is 0.0717. The summed E-state index contributed by atoms with van der Waals surface area (Å²) in [6.45, 7) is 2.97. The first-order valence-corrected chi connectivity index (χ1v) is 11.8. The van der Waals surface area contributed by atoms with Crippen molar-refractivity contribution in [2.24, 2.45) is 11.8 Å². The third kappa shape index (κ3) is 4.56. The highest BCUT2D eigenvalue weighted by molar-refractivity contribution is 7.15. The maximum atomic E-state index is 13.3. The van der Waals surface area contributed by atoms with Gasteiger partial charge in [0.15, 0.2) is 10.8 Å². The quantitative estimate of drug-likeness (QED) is 0.732. The second kappa shape index (κ2) is 8.54. The fourth-order valence-electron chi connectivity index (χ4n) is 4.59. The van der Waals surface area contributed by atoms with Gasteiger partial charge in [-0.05, 0) is 32.6 Å². The number of nitrogens with one attached hydrogen (secondary N) is 1. The molecule has 1 aromatic heterocycles. The number of aryl methyl sites for hydroxylation is 1. The molecule has 4 rings (SSSR count). The molecule has 2 aliphatic carbocycles. The lowest BCUT2D eigenvalue weighted by Gasteiger charge is -2.39. The maximum Gasteiger partial charge on any atom is 0.434 e. The Bertz CT molecular complexity index is 929. The molecule has 3 aliphatic rings. The van der Waals surface area contributed by atoms with E-state index in [1.54, 1.807) is 9.80 Å². The van der Waals surface area contributed by atoms with Crippen molar-refractivity contribution in [1.82, 2.24) is 15.2 Å². The fraction of sp³-hybridized carbons (Fsp3) is 0.714. The molecule has 0 bridgehead atoms. The Morgan fingerprint density at radius 3 is 2.31 bits per heavy atom. The zero-order valence-electron chi connectivity index (χ0n) is 17.9. The second-order valence-electron chi connectivity index (χ2n) is 8.89. The molecule has 174 valence electrons. The van der Waals surface area contributed by atoms with E-state index in [0.717, 1.165) is 24.2 Å². The van der Waals surface area contributed by atoms with Crippen LogP contribution in [0.3, 0.4) is 0 Å². The monoisotopic (exact) mass is 469 g/mol. The molecular weight excluding hydrogens is 443 g/mol. The highest BCUT2D eigenvalue weighted by atomic mass is 32.1. The van der Waals surface area contributed by atoms with Crippen LogP contribution in [0.15, 0.2) is 0 Å². The topological polar surface area (TPSA) is 89.3 Å². The Morgan fingerprint density at radius 1 is 1.16 bits per heavy atom. The van der Waals surface area contributed by atoms with Crippen LogP contribution >= 0.6 is 11.3 Å².